The number of anilines is 1. The molecular formula is C25H25NO5S2. The Morgan fingerprint density at radius 2 is 1.48 bits per heavy atom. The third-order valence-electron chi connectivity index (χ3n) is 4.66. The highest BCUT2D eigenvalue weighted by Crippen LogP contribution is 2.39. The van der Waals surface area contributed by atoms with Gasteiger partial charge in [0, 0.05) is 4.90 Å². The Balaban J connectivity index is 1.97. The highest BCUT2D eigenvalue weighted by Gasteiger charge is 2.30. The largest absolute Gasteiger partial charge is 0.462 e. The predicted octanol–water partition coefficient (Wildman–Crippen LogP) is 5.88. The van der Waals surface area contributed by atoms with Crippen LogP contribution >= 0.6 is 23.1 Å². The van der Waals surface area contributed by atoms with E-state index in [-0.39, 0.29) is 34.6 Å². The molecule has 3 rings (SSSR count). The number of hydrogen-bond donors (Lipinski definition) is 1. The average molecular weight is 484 g/mol. The van der Waals surface area contributed by atoms with Crippen molar-refractivity contribution in [2.75, 3.05) is 18.5 Å². The summed E-state index contributed by atoms with van der Waals surface area (Å²) in [4.78, 5) is 39.8. The van der Waals surface area contributed by atoms with Gasteiger partial charge in [-0.05, 0) is 44.0 Å². The number of ether oxygens (including phenoxy) is 2. The zero-order valence-electron chi connectivity index (χ0n) is 18.6. The van der Waals surface area contributed by atoms with Crippen LogP contribution in [-0.2, 0) is 14.3 Å². The van der Waals surface area contributed by atoms with Crippen LogP contribution < -0.4 is 5.32 Å². The van der Waals surface area contributed by atoms with Crippen LogP contribution in [0.2, 0.25) is 0 Å². The van der Waals surface area contributed by atoms with E-state index in [0.717, 1.165) is 21.8 Å². The smallest absolute Gasteiger partial charge is 0.348 e. The first-order valence-electron chi connectivity index (χ1n) is 10.5. The molecule has 172 valence electrons. The van der Waals surface area contributed by atoms with Gasteiger partial charge in [0.1, 0.15) is 15.1 Å². The molecule has 0 unspecified atom stereocenters. The van der Waals surface area contributed by atoms with Gasteiger partial charge in [-0.15, -0.1) is 23.1 Å². The van der Waals surface area contributed by atoms with Crippen molar-refractivity contribution in [3.8, 4) is 0 Å². The fourth-order valence-corrected chi connectivity index (χ4v) is 5.29. The Bertz CT molecular complexity index is 1110. The zero-order valence-corrected chi connectivity index (χ0v) is 20.3. The monoisotopic (exact) mass is 483 g/mol. The molecule has 2 aromatic carbocycles. The van der Waals surface area contributed by atoms with Gasteiger partial charge in [0.2, 0.25) is 5.91 Å². The number of rotatable bonds is 9. The van der Waals surface area contributed by atoms with Gasteiger partial charge in [-0.1, -0.05) is 48.5 Å². The number of nitrogens with one attached hydrogen (secondary N) is 1. The molecule has 3 aromatic rings. The molecule has 0 fully saturated rings. The SMILES string of the molecule is CCOC(=O)c1sc(NC(=O)[C@H](Sc2ccccc2)c2ccccc2)c(C(=O)OCC)c1C. The molecule has 1 aromatic heterocycles. The van der Waals surface area contributed by atoms with Crippen molar-refractivity contribution >= 4 is 45.9 Å². The number of carbonyl (C=O) groups excluding carboxylic acids is 3. The molecule has 0 aliphatic rings. The molecule has 1 heterocycles. The summed E-state index contributed by atoms with van der Waals surface area (Å²) >= 11 is 2.42. The normalized spacial score (nSPS) is 11.5. The quantitative estimate of drug-likeness (QED) is 0.302. The van der Waals surface area contributed by atoms with Crippen LogP contribution in [0.15, 0.2) is 65.6 Å². The summed E-state index contributed by atoms with van der Waals surface area (Å²) in [6, 6.07) is 19.0. The summed E-state index contributed by atoms with van der Waals surface area (Å²) in [6.07, 6.45) is 0. The van der Waals surface area contributed by atoms with Crippen LogP contribution in [0.4, 0.5) is 5.00 Å². The van der Waals surface area contributed by atoms with E-state index >= 15 is 0 Å². The van der Waals surface area contributed by atoms with E-state index in [1.54, 1.807) is 20.8 Å². The van der Waals surface area contributed by atoms with Crippen molar-refractivity contribution in [2.24, 2.45) is 0 Å². The van der Waals surface area contributed by atoms with Gasteiger partial charge in [-0.3, -0.25) is 4.79 Å². The molecule has 0 saturated heterocycles. The summed E-state index contributed by atoms with van der Waals surface area (Å²) in [5, 5.41) is 2.58. The number of benzene rings is 2. The Kier molecular flexibility index (Phi) is 8.68. The molecule has 6 nitrogen and oxygen atoms in total. The first-order valence-corrected chi connectivity index (χ1v) is 12.2. The number of esters is 2. The van der Waals surface area contributed by atoms with Crippen molar-refractivity contribution in [3.05, 3.63) is 82.2 Å². The summed E-state index contributed by atoms with van der Waals surface area (Å²) in [6.45, 7) is 5.44. The van der Waals surface area contributed by atoms with Crippen molar-refractivity contribution in [1.29, 1.82) is 0 Å². The number of carbonyl (C=O) groups is 3. The van der Waals surface area contributed by atoms with E-state index in [4.69, 9.17) is 9.47 Å². The highest BCUT2D eigenvalue weighted by atomic mass is 32.2. The molecule has 0 radical (unpaired) electrons. The lowest BCUT2D eigenvalue weighted by Gasteiger charge is -2.17. The van der Waals surface area contributed by atoms with Crippen molar-refractivity contribution in [1.82, 2.24) is 0 Å². The zero-order chi connectivity index (χ0) is 23.8. The second-order valence-corrected chi connectivity index (χ2v) is 9.11. The van der Waals surface area contributed by atoms with Gasteiger partial charge >= 0.3 is 11.9 Å². The van der Waals surface area contributed by atoms with Crippen LogP contribution in [0.3, 0.4) is 0 Å². The lowest BCUT2D eigenvalue weighted by atomic mass is 10.1. The lowest BCUT2D eigenvalue weighted by molar-refractivity contribution is -0.115. The maximum Gasteiger partial charge on any atom is 0.348 e. The minimum absolute atomic E-state index is 0.173. The van der Waals surface area contributed by atoms with Crippen molar-refractivity contribution < 1.29 is 23.9 Å². The van der Waals surface area contributed by atoms with E-state index in [1.165, 1.54) is 11.8 Å². The number of thioether (sulfide) groups is 1. The molecule has 8 heteroatoms. The van der Waals surface area contributed by atoms with E-state index in [9.17, 15) is 14.4 Å². The fraction of sp³-hybridized carbons (Fsp3) is 0.240. The van der Waals surface area contributed by atoms with Crippen molar-refractivity contribution in [3.63, 3.8) is 0 Å². The van der Waals surface area contributed by atoms with Crippen molar-refractivity contribution in [2.45, 2.75) is 30.9 Å². The van der Waals surface area contributed by atoms with E-state index in [1.807, 2.05) is 60.7 Å². The summed E-state index contributed by atoms with van der Waals surface area (Å²) < 4.78 is 10.3. The van der Waals surface area contributed by atoms with E-state index < -0.39 is 17.2 Å². The lowest BCUT2D eigenvalue weighted by Crippen LogP contribution is -2.20. The van der Waals surface area contributed by atoms with Gasteiger partial charge < -0.3 is 14.8 Å². The Hall–Kier alpha value is -3.10. The fourth-order valence-electron chi connectivity index (χ4n) is 3.16. The molecule has 1 N–H and O–H groups in total. The minimum Gasteiger partial charge on any atom is -0.462 e. The van der Waals surface area contributed by atoms with E-state index in [0.29, 0.717) is 5.56 Å². The van der Waals surface area contributed by atoms with E-state index in [2.05, 4.69) is 5.32 Å². The second-order valence-electron chi connectivity index (χ2n) is 6.91. The van der Waals surface area contributed by atoms with Gasteiger partial charge in [0.05, 0.1) is 18.8 Å². The number of hydrogen-bond acceptors (Lipinski definition) is 7. The summed E-state index contributed by atoms with van der Waals surface area (Å²) in [5.41, 5.74) is 1.43. The van der Waals surface area contributed by atoms with Gasteiger partial charge in [0.25, 0.3) is 0 Å². The standard InChI is InChI=1S/C25H25NO5S2/c1-4-30-24(28)19-16(3)20(25(29)31-5-2)33-23(19)26-22(27)21(17-12-8-6-9-13-17)32-18-14-10-7-11-15-18/h6-15,21H,4-5H2,1-3H3,(H,26,27)/t21-/m1/s1. The van der Waals surface area contributed by atoms with Crippen LogP contribution in [0.5, 0.6) is 0 Å². The average Bonchev–Trinajstić information content (AvgIpc) is 3.14. The van der Waals surface area contributed by atoms with Gasteiger partial charge in [-0.2, -0.15) is 0 Å². The summed E-state index contributed by atoms with van der Waals surface area (Å²) in [5.74, 6) is -1.44. The minimum atomic E-state index is -0.593. The van der Waals surface area contributed by atoms with Gasteiger partial charge in [-0.25, -0.2) is 9.59 Å². The molecule has 33 heavy (non-hydrogen) atoms. The second kappa shape index (κ2) is 11.7. The number of thiophene rings is 1. The van der Waals surface area contributed by atoms with Crippen LogP contribution in [-0.4, -0.2) is 31.1 Å². The van der Waals surface area contributed by atoms with Gasteiger partial charge in [0.15, 0.2) is 0 Å². The molecule has 0 aliphatic carbocycles. The molecule has 0 spiro atoms. The van der Waals surface area contributed by atoms with Crippen LogP contribution in [0.25, 0.3) is 0 Å². The molecule has 0 aliphatic heterocycles. The maximum atomic E-state index is 13.5. The maximum absolute atomic E-state index is 13.5. The van der Waals surface area contributed by atoms with Crippen LogP contribution in [0, 0.1) is 6.92 Å². The molecule has 0 bridgehead atoms. The Morgan fingerprint density at radius 3 is 2.09 bits per heavy atom. The predicted molar refractivity (Wildman–Crippen MR) is 131 cm³/mol. The Labute approximate surface area is 201 Å². The first-order chi connectivity index (χ1) is 16.0. The van der Waals surface area contributed by atoms with Crippen LogP contribution in [0.1, 0.15) is 50.3 Å². The number of amides is 1. The first kappa shape index (κ1) is 24.5. The third kappa shape index (κ3) is 6.03. The molecule has 1 atom stereocenters. The highest BCUT2D eigenvalue weighted by molar-refractivity contribution is 8.00. The third-order valence-corrected chi connectivity index (χ3v) is 7.12. The summed E-state index contributed by atoms with van der Waals surface area (Å²) in [7, 11) is 0. The molecule has 0 saturated carbocycles. The molecule has 1 amide bonds. The molecular weight excluding hydrogens is 458 g/mol. The Morgan fingerprint density at radius 1 is 0.909 bits per heavy atom. The topological polar surface area (TPSA) is 81.7 Å².